The van der Waals surface area contributed by atoms with Crippen LogP contribution in [0.15, 0.2) is 47.6 Å². The van der Waals surface area contributed by atoms with E-state index >= 15 is 0 Å². The standard InChI is InChI=1S/C24H27ClN8O3/c25-20-22(27)32-21(26)19(31-20)23(36)33-24(28)29-12-2-1-3-14-4-8-16(9-5-14)17-10-6-15(13-30-17)7-11-18(34)35/h4-6,8-10,13H,1-3,7,11-12H2,(H,34,35)(H4,26,27,32)(H3,28,29,33,36). The average molecular weight is 511 g/mol. The minimum absolute atomic E-state index is 0.0556. The van der Waals surface area contributed by atoms with Gasteiger partial charge in [0.05, 0.1) is 5.69 Å². The van der Waals surface area contributed by atoms with Crippen molar-refractivity contribution >= 4 is 41.1 Å². The normalized spacial score (nSPS) is 11.3. The number of unbranched alkanes of at least 4 members (excludes halogenated alkanes) is 1. The van der Waals surface area contributed by atoms with Gasteiger partial charge in [0.15, 0.2) is 28.4 Å². The number of nitrogens with two attached hydrogens (primary N) is 3. The number of nitrogens with zero attached hydrogens (tertiary/aromatic N) is 4. The Labute approximate surface area is 212 Å². The number of hydrogen-bond donors (Lipinski definition) is 5. The number of aliphatic carboxylic acids is 1. The minimum atomic E-state index is -0.822. The summed E-state index contributed by atoms with van der Waals surface area (Å²) in [6.45, 7) is 0.437. The zero-order chi connectivity index (χ0) is 26.1. The first-order valence-electron chi connectivity index (χ1n) is 11.2. The summed E-state index contributed by atoms with van der Waals surface area (Å²) in [7, 11) is 0. The van der Waals surface area contributed by atoms with E-state index in [1.807, 2.05) is 24.3 Å². The van der Waals surface area contributed by atoms with Crippen molar-refractivity contribution in [1.29, 1.82) is 0 Å². The van der Waals surface area contributed by atoms with Gasteiger partial charge in [-0.2, -0.15) is 0 Å². The molecule has 0 fully saturated rings. The highest BCUT2D eigenvalue weighted by atomic mass is 35.5. The maximum Gasteiger partial charge on any atom is 0.303 e. The number of carbonyl (C=O) groups is 2. The van der Waals surface area contributed by atoms with Crippen molar-refractivity contribution in [3.8, 4) is 11.3 Å². The summed E-state index contributed by atoms with van der Waals surface area (Å²) in [4.78, 5) is 39.1. The number of aliphatic imine (C=N–C) groups is 1. The lowest BCUT2D eigenvalue weighted by atomic mass is 10.0. The van der Waals surface area contributed by atoms with E-state index in [-0.39, 0.29) is 34.9 Å². The second-order valence-corrected chi connectivity index (χ2v) is 8.31. The van der Waals surface area contributed by atoms with E-state index in [0.717, 1.165) is 36.1 Å². The largest absolute Gasteiger partial charge is 0.481 e. The number of carbonyl (C=O) groups excluding carboxylic acids is 1. The maximum atomic E-state index is 12.2. The number of benzene rings is 1. The summed E-state index contributed by atoms with van der Waals surface area (Å²) in [6.07, 6.45) is 4.78. The van der Waals surface area contributed by atoms with Crippen LogP contribution >= 0.6 is 11.6 Å². The van der Waals surface area contributed by atoms with Gasteiger partial charge in [-0.3, -0.25) is 24.9 Å². The third-order valence-electron chi connectivity index (χ3n) is 5.22. The van der Waals surface area contributed by atoms with Crippen LogP contribution in [0.2, 0.25) is 5.15 Å². The molecule has 0 spiro atoms. The van der Waals surface area contributed by atoms with Crippen LogP contribution in [0.5, 0.6) is 0 Å². The van der Waals surface area contributed by atoms with E-state index < -0.39 is 11.9 Å². The van der Waals surface area contributed by atoms with Gasteiger partial charge in [0.1, 0.15) is 0 Å². The smallest absolute Gasteiger partial charge is 0.303 e. The summed E-state index contributed by atoms with van der Waals surface area (Å²) in [5.74, 6) is -1.77. The Kier molecular flexibility index (Phi) is 9.12. The predicted octanol–water partition coefficient (Wildman–Crippen LogP) is 2.44. The molecule has 188 valence electrons. The highest BCUT2D eigenvalue weighted by Gasteiger charge is 2.16. The second-order valence-electron chi connectivity index (χ2n) is 7.95. The summed E-state index contributed by atoms with van der Waals surface area (Å²) in [5.41, 5.74) is 20.6. The predicted molar refractivity (Wildman–Crippen MR) is 138 cm³/mol. The minimum Gasteiger partial charge on any atom is -0.481 e. The summed E-state index contributed by atoms with van der Waals surface area (Å²) in [6, 6.07) is 11.9. The topological polar surface area (TPSA) is 195 Å². The molecule has 0 radical (unpaired) electrons. The molecule has 36 heavy (non-hydrogen) atoms. The Morgan fingerprint density at radius 1 is 0.972 bits per heavy atom. The van der Waals surface area contributed by atoms with Gasteiger partial charge in [-0.25, -0.2) is 9.97 Å². The molecule has 1 amide bonds. The van der Waals surface area contributed by atoms with Gasteiger partial charge in [-0.05, 0) is 42.9 Å². The van der Waals surface area contributed by atoms with Gasteiger partial charge in [0.2, 0.25) is 0 Å². The number of halogens is 1. The van der Waals surface area contributed by atoms with Gasteiger partial charge in [0.25, 0.3) is 5.91 Å². The van der Waals surface area contributed by atoms with E-state index in [1.165, 1.54) is 5.56 Å². The number of carboxylic acids is 1. The molecule has 0 unspecified atom stereocenters. The zero-order valence-corrected chi connectivity index (χ0v) is 20.2. The van der Waals surface area contributed by atoms with Crippen LogP contribution in [-0.4, -0.2) is 44.4 Å². The van der Waals surface area contributed by atoms with Gasteiger partial charge >= 0.3 is 5.97 Å². The number of amides is 1. The van der Waals surface area contributed by atoms with Gasteiger partial charge in [0, 0.05) is 24.7 Å². The molecule has 3 rings (SSSR count). The monoisotopic (exact) mass is 510 g/mol. The molecule has 11 nitrogen and oxygen atoms in total. The van der Waals surface area contributed by atoms with Crippen LogP contribution < -0.4 is 22.5 Å². The molecule has 0 saturated heterocycles. The molecule has 0 saturated carbocycles. The van der Waals surface area contributed by atoms with Crippen molar-refractivity contribution in [2.75, 3.05) is 18.0 Å². The van der Waals surface area contributed by atoms with Crippen LogP contribution in [0, 0.1) is 0 Å². The van der Waals surface area contributed by atoms with E-state index in [9.17, 15) is 9.59 Å². The highest BCUT2D eigenvalue weighted by Crippen LogP contribution is 2.19. The fourth-order valence-corrected chi connectivity index (χ4v) is 3.43. The lowest BCUT2D eigenvalue weighted by molar-refractivity contribution is -0.136. The third-order valence-corrected chi connectivity index (χ3v) is 5.50. The quantitative estimate of drug-likeness (QED) is 0.154. The number of carboxylic acid groups (broad SMARTS) is 1. The van der Waals surface area contributed by atoms with Crippen molar-refractivity contribution in [1.82, 2.24) is 20.3 Å². The molecule has 2 heterocycles. The first-order chi connectivity index (χ1) is 17.2. The second kappa shape index (κ2) is 12.5. The van der Waals surface area contributed by atoms with Gasteiger partial charge in [-0.15, -0.1) is 0 Å². The number of hydrogen-bond acceptors (Lipinski definition) is 8. The summed E-state index contributed by atoms with van der Waals surface area (Å²) >= 11 is 5.78. The lowest BCUT2D eigenvalue weighted by Crippen LogP contribution is -2.38. The number of anilines is 2. The van der Waals surface area contributed by atoms with Crippen LogP contribution in [0.4, 0.5) is 11.6 Å². The molecule has 3 aromatic rings. The van der Waals surface area contributed by atoms with Crippen molar-refractivity contribution in [3.63, 3.8) is 0 Å². The first-order valence-corrected chi connectivity index (χ1v) is 11.6. The Hall–Kier alpha value is -4.25. The van der Waals surface area contributed by atoms with Crippen molar-refractivity contribution in [2.24, 2.45) is 10.7 Å². The molecule has 0 atom stereocenters. The number of aromatic nitrogens is 3. The van der Waals surface area contributed by atoms with E-state index in [4.69, 9.17) is 33.9 Å². The molecule has 0 aliphatic rings. The molecular weight excluding hydrogens is 484 g/mol. The molecule has 0 bridgehead atoms. The number of pyridine rings is 1. The number of guanidine groups is 1. The van der Waals surface area contributed by atoms with Crippen molar-refractivity contribution in [3.05, 3.63) is 64.6 Å². The molecule has 0 aliphatic carbocycles. The number of aryl methyl sites for hydroxylation is 2. The van der Waals surface area contributed by atoms with Crippen LogP contribution in [-0.2, 0) is 17.6 Å². The number of nitrogen functional groups attached to an aromatic ring is 2. The van der Waals surface area contributed by atoms with E-state index in [1.54, 1.807) is 6.20 Å². The van der Waals surface area contributed by atoms with E-state index in [2.05, 4.69) is 37.4 Å². The zero-order valence-electron chi connectivity index (χ0n) is 19.4. The van der Waals surface area contributed by atoms with Crippen molar-refractivity contribution in [2.45, 2.75) is 32.1 Å². The Morgan fingerprint density at radius 3 is 2.36 bits per heavy atom. The SMILES string of the molecule is NC(=NCCCCc1ccc(-c2ccc(CCC(=O)O)cn2)cc1)NC(=O)c1nc(Cl)c(N)nc1N. The lowest BCUT2D eigenvalue weighted by Gasteiger charge is -2.07. The fourth-order valence-electron chi connectivity index (χ4n) is 3.30. The fraction of sp³-hybridized carbons (Fsp3) is 0.250. The summed E-state index contributed by atoms with van der Waals surface area (Å²) < 4.78 is 0. The molecule has 1 aromatic carbocycles. The number of rotatable bonds is 10. The molecule has 2 aromatic heterocycles. The third kappa shape index (κ3) is 7.64. The molecule has 12 heteroatoms. The summed E-state index contributed by atoms with van der Waals surface area (Å²) in [5, 5.41) is 11.1. The molecule has 8 N–H and O–H groups in total. The number of nitrogens with one attached hydrogen (secondary N) is 1. The van der Waals surface area contributed by atoms with E-state index in [0.29, 0.717) is 13.0 Å². The Bertz CT molecular complexity index is 1250. The first kappa shape index (κ1) is 26.4. The van der Waals surface area contributed by atoms with Gasteiger partial charge in [-0.1, -0.05) is 41.9 Å². The Morgan fingerprint density at radius 2 is 1.69 bits per heavy atom. The van der Waals surface area contributed by atoms with Crippen LogP contribution in [0.25, 0.3) is 11.3 Å². The average Bonchev–Trinajstić information content (AvgIpc) is 2.85. The molecular formula is C24H27ClN8O3. The molecule has 0 aliphatic heterocycles. The van der Waals surface area contributed by atoms with Crippen molar-refractivity contribution < 1.29 is 14.7 Å². The Balaban J connectivity index is 1.42. The maximum absolute atomic E-state index is 12.2. The van der Waals surface area contributed by atoms with Crippen LogP contribution in [0.1, 0.15) is 40.9 Å². The van der Waals surface area contributed by atoms with Gasteiger partial charge < -0.3 is 22.3 Å². The highest BCUT2D eigenvalue weighted by molar-refractivity contribution is 6.31. The van der Waals surface area contributed by atoms with Crippen LogP contribution in [0.3, 0.4) is 0 Å².